The van der Waals surface area contributed by atoms with Crippen LogP contribution in [0.4, 0.5) is 0 Å². The van der Waals surface area contributed by atoms with E-state index in [4.69, 9.17) is 37.4 Å². The van der Waals surface area contributed by atoms with Gasteiger partial charge < -0.3 is 24.4 Å². The van der Waals surface area contributed by atoms with Crippen LogP contribution in [-0.4, -0.2) is 62.3 Å². The molecule has 2 amide bonds. The summed E-state index contributed by atoms with van der Waals surface area (Å²) in [7, 11) is 2.97. The monoisotopic (exact) mass is 580 g/mol. The summed E-state index contributed by atoms with van der Waals surface area (Å²) in [6.45, 7) is 5.20. The molecule has 0 bridgehead atoms. The fourth-order valence-corrected chi connectivity index (χ4v) is 6.24. The van der Waals surface area contributed by atoms with Gasteiger partial charge in [-0.2, -0.15) is 0 Å². The summed E-state index contributed by atoms with van der Waals surface area (Å²) < 4.78 is 17.1. The Hall–Kier alpha value is -2.13. The maximum absolute atomic E-state index is 14.1. The molecule has 1 aromatic rings. The van der Waals surface area contributed by atoms with Crippen LogP contribution < -0.4 is 5.32 Å². The standard InChI is InChI=1S/C29H38Cl2N2O6/c1-17(2)23-14-24-29(28(36)38-4,26(39-23)18-6-7-18)15-20(12-25(34)32-10-5-11-37-3)27(35)33(24)16-19-8-9-21(30)13-22(19)31/h8-9,13-14,17-18,20,23,26H,5-7,10-12,15-16H2,1-4H3,(H,32,34)/t20-,23+,26+,29+/m0/s1. The first kappa shape index (κ1) is 29.8. The number of ether oxygens (including phenoxy) is 3. The van der Waals surface area contributed by atoms with E-state index in [9.17, 15) is 14.4 Å². The summed E-state index contributed by atoms with van der Waals surface area (Å²) in [4.78, 5) is 42.5. The molecule has 3 aliphatic rings. The zero-order valence-corrected chi connectivity index (χ0v) is 24.5. The van der Waals surface area contributed by atoms with Crippen LogP contribution in [0.2, 0.25) is 10.0 Å². The van der Waals surface area contributed by atoms with E-state index in [-0.39, 0.29) is 49.1 Å². The molecular weight excluding hydrogens is 543 g/mol. The second-order valence-corrected chi connectivity index (χ2v) is 11.9. The lowest BCUT2D eigenvalue weighted by molar-refractivity contribution is -0.182. The minimum Gasteiger partial charge on any atom is -0.468 e. The van der Waals surface area contributed by atoms with E-state index in [1.807, 2.05) is 6.08 Å². The number of nitrogens with zero attached hydrogens (tertiary/aromatic N) is 1. The van der Waals surface area contributed by atoms with Crippen molar-refractivity contribution >= 4 is 41.0 Å². The van der Waals surface area contributed by atoms with Crippen molar-refractivity contribution in [3.63, 3.8) is 0 Å². The first-order valence-corrected chi connectivity index (χ1v) is 14.3. The number of carbonyl (C=O) groups excluding carboxylic acids is 3. The fourth-order valence-electron chi connectivity index (χ4n) is 5.77. The number of fused-ring (bicyclic) bond motifs is 1. The Bertz CT molecular complexity index is 1120. The van der Waals surface area contributed by atoms with Crippen molar-refractivity contribution in [1.29, 1.82) is 0 Å². The van der Waals surface area contributed by atoms with E-state index in [0.29, 0.717) is 40.9 Å². The van der Waals surface area contributed by atoms with Gasteiger partial charge in [-0.05, 0) is 61.3 Å². The van der Waals surface area contributed by atoms with Gasteiger partial charge in [0.05, 0.1) is 25.9 Å². The van der Waals surface area contributed by atoms with Crippen LogP contribution in [0, 0.1) is 23.2 Å². The summed E-state index contributed by atoms with van der Waals surface area (Å²) in [6.07, 6.45) is 3.80. The number of methoxy groups -OCH3 is 2. The van der Waals surface area contributed by atoms with Crippen LogP contribution in [-0.2, 0) is 35.1 Å². The van der Waals surface area contributed by atoms with Gasteiger partial charge in [-0.3, -0.25) is 14.4 Å². The van der Waals surface area contributed by atoms with Gasteiger partial charge in [0.15, 0.2) is 0 Å². The number of rotatable bonds is 11. The second kappa shape index (κ2) is 12.6. The second-order valence-electron chi connectivity index (χ2n) is 11.1. The van der Waals surface area contributed by atoms with Crippen molar-refractivity contribution in [1.82, 2.24) is 10.2 Å². The molecule has 2 heterocycles. The molecule has 214 valence electrons. The van der Waals surface area contributed by atoms with Crippen LogP contribution in [0.3, 0.4) is 0 Å². The molecule has 1 aromatic carbocycles. The Kier molecular flexibility index (Phi) is 9.63. The maximum atomic E-state index is 14.1. The zero-order chi connectivity index (χ0) is 28.3. The molecule has 0 radical (unpaired) electrons. The topological polar surface area (TPSA) is 94.2 Å². The van der Waals surface area contributed by atoms with Gasteiger partial charge in [0.25, 0.3) is 0 Å². The number of piperidine rings is 1. The number of hydrogen-bond donors (Lipinski definition) is 1. The number of nitrogens with one attached hydrogen (secondary N) is 1. The Morgan fingerprint density at radius 1 is 1.23 bits per heavy atom. The molecule has 4 rings (SSSR count). The van der Waals surface area contributed by atoms with Crippen molar-refractivity contribution < 1.29 is 28.6 Å². The van der Waals surface area contributed by atoms with Gasteiger partial charge in [-0.15, -0.1) is 0 Å². The number of halogens is 2. The minimum absolute atomic E-state index is 0.0479. The van der Waals surface area contributed by atoms with Crippen molar-refractivity contribution in [3.8, 4) is 0 Å². The quantitative estimate of drug-likeness (QED) is 0.299. The lowest BCUT2D eigenvalue weighted by atomic mass is 9.64. The highest BCUT2D eigenvalue weighted by molar-refractivity contribution is 6.35. The molecule has 10 heteroatoms. The van der Waals surface area contributed by atoms with Crippen molar-refractivity contribution in [3.05, 3.63) is 45.6 Å². The SMILES string of the molecule is COCCCNC(=O)C[C@H]1C[C@@]2(C(=O)OC)C(=C[C@H](C(C)C)O[C@@H]2C2CC2)N(Cc2ccc(Cl)cc2Cl)C1=O. The van der Waals surface area contributed by atoms with Gasteiger partial charge in [0, 0.05) is 48.3 Å². The predicted molar refractivity (Wildman–Crippen MR) is 148 cm³/mol. The van der Waals surface area contributed by atoms with E-state index in [0.717, 1.165) is 12.8 Å². The highest BCUT2D eigenvalue weighted by Gasteiger charge is 2.63. The van der Waals surface area contributed by atoms with Gasteiger partial charge in [-0.25, -0.2) is 0 Å². The molecule has 4 atom stereocenters. The molecule has 8 nitrogen and oxygen atoms in total. The van der Waals surface area contributed by atoms with Gasteiger partial charge in [-0.1, -0.05) is 43.1 Å². The molecule has 0 spiro atoms. The van der Waals surface area contributed by atoms with Crippen molar-refractivity contribution in [2.75, 3.05) is 27.4 Å². The summed E-state index contributed by atoms with van der Waals surface area (Å²) in [5.41, 5.74) is 0.0630. The molecular formula is C29H38Cl2N2O6. The number of amides is 2. The molecule has 1 saturated heterocycles. The molecule has 1 N–H and O–H groups in total. The van der Waals surface area contributed by atoms with Crippen LogP contribution in [0.15, 0.2) is 30.0 Å². The van der Waals surface area contributed by atoms with Crippen LogP contribution in [0.1, 0.15) is 51.5 Å². The number of hydrogen-bond acceptors (Lipinski definition) is 6. The maximum Gasteiger partial charge on any atom is 0.320 e. The van der Waals surface area contributed by atoms with Crippen LogP contribution >= 0.6 is 23.2 Å². The van der Waals surface area contributed by atoms with E-state index in [1.54, 1.807) is 30.2 Å². The third-order valence-electron chi connectivity index (χ3n) is 7.92. The highest BCUT2D eigenvalue weighted by Crippen LogP contribution is 2.56. The van der Waals surface area contributed by atoms with Gasteiger partial charge in [0.2, 0.25) is 11.8 Å². The van der Waals surface area contributed by atoms with Crippen LogP contribution in [0.25, 0.3) is 0 Å². The number of benzene rings is 1. The summed E-state index contributed by atoms with van der Waals surface area (Å²) in [6, 6.07) is 5.13. The average molecular weight is 582 g/mol. The average Bonchev–Trinajstić information content (AvgIpc) is 3.74. The van der Waals surface area contributed by atoms with Crippen molar-refractivity contribution in [2.24, 2.45) is 23.2 Å². The first-order valence-electron chi connectivity index (χ1n) is 13.6. The Balaban J connectivity index is 1.77. The Morgan fingerprint density at radius 3 is 2.59 bits per heavy atom. The third-order valence-corrected chi connectivity index (χ3v) is 8.51. The fraction of sp³-hybridized carbons (Fsp3) is 0.621. The van der Waals surface area contributed by atoms with E-state index >= 15 is 0 Å². The summed E-state index contributed by atoms with van der Waals surface area (Å²) >= 11 is 12.7. The summed E-state index contributed by atoms with van der Waals surface area (Å²) in [5.74, 6) is -1.36. The number of carbonyl (C=O) groups is 3. The smallest absolute Gasteiger partial charge is 0.320 e. The molecule has 1 saturated carbocycles. The third kappa shape index (κ3) is 6.29. The molecule has 39 heavy (non-hydrogen) atoms. The van der Waals surface area contributed by atoms with Crippen LogP contribution in [0.5, 0.6) is 0 Å². The lowest BCUT2D eigenvalue weighted by Gasteiger charge is -2.53. The molecule has 1 aliphatic carbocycles. The van der Waals surface area contributed by atoms with Crippen molar-refractivity contribution in [2.45, 2.75) is 64.7 Å². The Labute approximate surface area is 240 Å². The normalized spacial score (nSPS) is 26.7. The van der Waals surface area contributed by atoms with Gasteiger partial charge in [0.1, 0.15) is 5.41 Å². The number of likely N-dealkylation sites (tertiary alicyclic amines) is 1. The Morgan fingerprint density at radius 2 is 1.97 bits per heavy atom. The predicted octanol–water partition coefficient (Wildman–Crippen LogP) is 4.76. The number of esters is 1. The molecule has 0 unspecified atom stereocenters. The van der Waals surface area contributed by atoms with Gasteiger partial charge >= 0.3 is 5.97 Å². The van der Waals surface area contributed by atoms with E-state index in [1.165, 1.54) is 7.11 Å². The largest absolute Gasteiger partial charge is 0.468 e. The van der Waals surface area contributed by atoms with E-state index in [2.05, 4.69) is 19.2 Å². The minimum atomic E-state index is -1.21. The highest BCUT2D eigenvalue weighted by atomic mass is 35.5. The first-order chi connectivity index (χ1) is 18.6. The zero-order valence-electron chi connectivity index (χ0n) is 23.0. The lowest BCUT2D eigenvalue weighted by Crippen LogP contribution is -2.61. The molecule has 0 aromatic heterocycles. The molecule has 2 fully saturated rings. The summed E-state index contributed by atoms with van der Waals surface area (Å²) in [5, 5.41) is 3.78. The molecule has 2 aliphatic heterocycles. The van der Waals surface area contributed by atoms with E-state index < -0.39 is 23.4 Å².